The van der Waals surface area contributed by atoms with Crippen molar-refractivity contribution in [3.8, 4) is 5.75 Å². The van der Waals surface area contributed by atoms with Crippen molar-refractivity contribution in [2.75, 3.05) is 5.32 Å². The van der Waals surface area contributed by atoms with Crippen molar-refractivity contribution in [3.05, 3.63) is 64.2 Å². The Kier molecular flexibility index (Phi) is 7.21. The normalized spacial score (nSPS) is 10.1. The van der Waals surface area contributed by atoms with Crippen molar-refractivity contribution in [2.45, 2.75) is 25.7 Å². The number of hydrogen-bond acceptors (Lipinski definition) is 6. The molecule has 0 aliphatic carbocycles. The fraction of sp³-hybridized carbons (Fsp3) is 0.211. The van der Waals surface area contributed by atoms with Crippen LogP contribution in [0.1, 0.15) is 24.8 Å². The maximum absolute atomic E-state index is 12.0. The summed E-state index contributed by atoms with van der Waals surface area (Å²) in [6.45, 7) is 0. The summed E-state index contributed by atoms with van der Waals surface area (Å²) in [5.74, 6) is -1.55. The summed E-state index contributed by atoms with van der Waals surface area (Å²) in [5, 5.41) is 21.8. The van der Waals surface area contributed by atoms with Crippen LogP contribution in [0.25, 0.3) is 0 Å². The summed E-state index contributed by atoms with van der Waals surface area (Å²) in [6, 6.07) is 11.8. The first-order valence-corrected chi connectivity index (χ1v) is 8.39. The second-order valence-electron chi connectivity index (χ2n) is 5.89. The Morgan fingerprint density at radius 1 is 1.00 bits per heavy atom. The van der Waals surface area contributed by atoms with E-state index in [-0.39, 0.29) is 43.0 Å². The number of carbonyl (C=O) groups is 3. The molecule has 0 unspecified atom stereocenters. The molecule has 146 valence electrons. The van der Waals surface area contributed by atoms with Crippen LogP contribution in [0.4, 0.5) is 11.4 Å². The first-order chi connectivity index (χ1) is 13.3. The summed E-state index contributed by atoms with van der Waals surface area (Å²) >= 11 is 0. The lowest BCUT2D eigenvalue weighted by Gasteiger charge is -2.07. The van der Waals surface area contributed by atoms with Crippen LogP contribution in [0, 0.1) is 10.1 Å². The second kappa shape index (κ2) is 9.81. The molecule has 28 heavy (non-hydrogen) atoms. The van der Waals surface area contributed by atoms with Gasteiger partial charge in [0.05, 0.1) is 11.3 Å². The highest BCUT2D eigenvalue weighted by Crippen LogP contribution is 2.18. The zero-order valence-electron chi connectivity index (χ0n) is 14.8. The minimum Gasteiger partial charge on any atom is -0.481 e. The van der Waals surface area contributed by atoms with Gasteiger partial charge in [-0.25, -0.2) is 0 Å². The number of nitrogens with zero attached hydrogens (tertiary/aromatic N) is 1. The van der Waals surface area contributed by atoms with Crippen LogP contribution in [0.3, 0.4) is 0 Å². The SMILES string of the molecule is O=C(O)CCCC(=O)Nc1ccc(CC(=O)Oc2ccc([N+](=O)[O-])cc2)cc1. The summed E-state index contributed by atoms with van der Waals surface area (Å²) in [6.07, 6.45) is 0.288. The first-order valence-electron chi connectivity index (χ1n) is 8.39. The van der Waals surface area contributed by atoms with E-state index in [1.54, 1.807) is 24.3 Å². The predicted molar refractivity (Wildman–Crippen MR) is 99.0 cm³/mol. The van der Waals surface area contributed by atoms with Crippen molar-refractivity contribution >= 4 is 29.2 Å². The van der Waals surface area contributed by atoms with Gasteiger partial charge in [0, 0.05) is 30.7 Å². The van der Waals surface area contributed by atoms with Gasteiger partial charge in [-0.1, -0.05) is 12.1 Å². The number of anilines is 1. The Morgan fingerprint density at radius 2 is 1.64 bits per heavy atom. The lowest BCUT2D eigenvalue weighted by Crippen LogP contribution is -2.13. The highest BCUT2D eigenvalue weighted by molar-refractivity contribution is 5.90. The van der Waals surface area contributed by atoms with Gasteiger partial charge >= 0.3 is 11.9 Å². The molecule has 0 saturated carbocycles. The summed E-state index contributed by atoms with van der Waals surface area (Å²) in [7, 11) is 0. The minimum absolute atomic E-state index is 0.0101. The van der Waals surface area contributed by atoms with Crippen molar-refractivity contribution in [2.24, 2.45) is 0 Å². The van der Waals surface area contributed by atoms with E-state index < -0.39 is 16.9 Å². The van der Waals surface area contributed by atoms with E-state index in [1.807, 2.05) is 0 Å². The molecule has 2 aromatic carbocycles. The molecule has 0 radical (unpaired) electrons. The number of esters is 1. The molecule has 0 atom stereocenters. The molecule has 9 heteroatoms. The maximum atomic E-state index is 12.0. The van der Waals surface area contributed by atoms with Gasteiger partial charge in [0.1, 0.15) is 5.75 Å². The largest absolute Gasteiger partial charge is 0.481 e. The van der Waals surface area contributed by atoms with Crippen LogP contribution in [-0.4, -0.2) is 27.9 Å². The number of carbonyl (C=O) groups excluding carboxylic acids is 2. The van der Waals surface area contributed by atoms with E-state index in [2.05, 4.69) is 5.32 Å². The van der Waals surface area contributed by atoms with E-state index in [0.717, 1.165) is 0 Å². The molecule has 0 aromatic heterocycles. The number of nitro benzene ring substituents is 1. The molecule has 0 aliphatic heterocycles. The van der Waals surface area contributed by atoms with Gasteiger partial charge in [0.25, 0.3) is 5.69 Å². The molecule has 0 spiro atoms. The van der Waals surface area contributed by atoms with Gasteiger partial charge in [-0.3, -0.25) is 24.5 Å². The standard InChI is InChI=1S/C19H18N2O7/c22-17(2-1-3-18(23)24)20-14-6-4-13(5-7-14)12-19(25)28-16-10-8-15(9-11-16)21(26)27/h4-11H,1-3,12H2,(H,20,22)(H,23,24). The Morgan fingerprint density at radius 3 is 2.21 bits per heavy atom. The highest BCUT2D eigenvalue weighted by atomic mass is 16.6. The van der Waals surface area contributed by atoms with Crippen LogP contribution in [0.5, 0.6) is 5.75 Å². The van der Waals surface area contributed by atoms with E-state index in [4.69, 9.17) is 9.84 Å². The molecule has 0 saturated heterocycles. The van der Waals surface area contributed by atoms with E-state index in [0.29, 0.717) is 11.3 Å². The zero-order chi connectivity index (χ0) is 20.5. The lowest BCUT2D eigenvalue weighted by atomic mass is 10.1. The Bertz CT molecular complexity index is 861. The number of rotatable bonds is 9. The van der Waals surface area contributed by atoms with E-state index in [1.165, 1.54) is 24.3 Å². The summed E-state index contributed by atoms with van der Waals surface area (Å²) in [4.78, 5) is 44.1. The number of carboxylic acid groups (broad SMARTS) is 1. The van der Waals surface area contributed by atoms with Crippen molar-refractivity contribution in [1.29, 1.82) is 0 Å². The van der Waals surface area contributed by atoms with Gasteiger partial charge in [-0.2, -0.15) is 0 Å². The smallest absolute Gasteiger partial charge is 0.315 e. The highest BCUT2D eigenvalue weighted by Gasteiger charge is 2.10. The quantitative estimate of drug-likeness (QED) is 0.293. The number of benzene rings is 2. The van der Waals surface area contributed by atoms with E-state index >= 15 is 0 Å². The number of ether oxygens (including phenoxy) is 1. The average molecular weight is 386 g/mol. The number of carboxylic acids is 1. The average Bonchev–Trinajstić information content (AvgIpc) is 2.63. The zero-order valence-corrected chi connectivity index (χ0v) is 14.8. The Balaban J connectivity index is 1.82. The molecule has 0 bridgehead atoms. The van der Waals surface area contributed by atoms with Crippen LogP contribution in [0.2, 0.25) is 0 Å². The van der Waals surface area contributed by atoms with Crippen molar-refractivity contribution in [1.82, 2.24) is 0 Å². The summed E-state index contributed by atoms with van der Waals surface area (Å²) in [5.41, 5.74) is 1.10. The van der Waals surface area contributed by atoms with Crippen molar-refractivity contribution in [3.63, 3.8) is 0 Å². The fourth-order valence-electron chi connectivity index (χ4n) is 2.30. The van der Waals surface area contributed by atoms with Gasteiger partial charge < -0.3 is 15.2 Å². The van der Waals surface area contributed by atoms with Crippen LogP contribution in [0.15, 0.2) is 48.5 Å². The first kappa shape index (κ1) is 20.6. The van der Waals surface area contributed by atoms with E-state index in [9.17, 15) is 24.5 Å². The molecule has 2 aromatic rings. The van der Waals surface area contributed by atoms with Gasteiger partial charge in [0.15, 0.2) is 0 Å². The third-order valence-electron chi connectivity index (χ3n) is 3.66. The number of nitro groups is 1. The Hall–Kier alpha value is -3.75. The van der Waals surface area contributed by atoms with Gasteiger partial charge in [-0.05, 0) is 36.2 Å². The lowest BCUT2D eigenvalue weighted by molar-refractivity contribution is -0.384. The molecular formula is C19H18N2O7. The third kappa shape index (κ3) is 6.87. The number of hydrogen-bond donors (Lipinski definition) is 2. The third-order valence-corrected chi connectivity index (χ3v) is 3.66. The molecule has 0 aliphatic rings. The van der Waals surface area contributed by atoms with Crippen molar-refractivity contribution < 1.29 is 29.2 Å². The number of amides is 1. The van der Waals surface area contributed by atoms with Crippen LogP contribution >= 0.6 is 0 Å². The molecule has 0 heterocycles. The molecule has 2 N–H and O–H groups in total. The fourth-order valence-corrected chi connectivity index (χ4v) is 2.30. The minimum atomic E-state index is -0.947. The van der Waals surface area contributed by atoms with Crippen LogP contribution < -0.4 is 10.1 Å². The maximum Gasteiger partial charge on any atom is 0.315 e. The molecular weight excluding hydrogens is 368 g/mol. The Labute approximate surface area is 160 Å². The number of aliphatic carboxylic acids is 1. The second-order valence-corrected chi connectivity index (χ2v) is 5.89. The molecule has 2 rings (SSSR count). The molecule has 0 fully saturated rings. The molecule has 9 nitrogen and oxygen atoms in total. The number of nitrogens with one attached hydrogen (secondary N) is 1. The predicted octanol–water partition coefficient (Wildman–Crippen LogP) is 2.94. The summed E-state index contributed by atoms with van der Waals surface area (Å²) < 4.78 is 5.13. The van der Waals surface area contributed by atoms with Gasteiger partial charge in [-0.15, -0.1) is 0 Å². The number of non-ortho nitro benzene ring substituents is 1. The topological polar surface area (TPSA) is 136 Å². The van der Waals surface area contributed by atoms with Crippen LogP contribution in [-0.2, 0) is 20.8 Å². The van der Waals surface area contributed by atoms with Gasteiger partial charge in [0.2, 0.25) is 5.91 Å². The molecule has 1 amide bonds. The monoisotopic (exact) mass is 386 g/mol.